The molecule has 0 spiro atoms. The van der Waals surface area contributed by atoms with Crippen molar-refractivity contribution in [2.45, 2.75) is 26.2 Å². The Kier molecular flexibility index (Phi) is 8.87. The number of ether oxygens (including phenoxy) is 1. The van der Waals surface area contributed by atoms with Gasteiger partial charge in [0.2, 0.25) is 0 Å². The Morgan fingerprint density at radius 1 is 1.04 bits per heavy atom. The van der Waals surface area contributed by atoms with Gasteiger partial charge in [-0.15, -0.1) is 0 Å². The van der Waals surface area contributed by atoms with Gasteiger partial charge in [0.15, 0.2) is 0 Å². The largest absolute Gasteiger partial charge is 0.419 e. The smallest absolute Gasteiger partial charge is 0.410 e. The van der Waals surface area contributed by atoms with Gasteiger partial charge in [0.25, 0.3) is 0 Å². The molecule has 2 aromatic rings. The molecule has 0 N–H and O–H groups in total. The number of halogens is 1. The topological polar surface area (TPSA) is 32.8 Å². The van der Waals surface area contributed by atoms with Crippen LogP contribution in [0.4, 0.5) is 10.5 Å². The maximum absolute atomic E-state index is 12.3. The van der Waals surface area contributed by atoms with E-state index in [1.165, 1.54) is 24.2 Å². The molecule has 1 amide bonds. The van der Waals surface area contributed by atoms with Gasteiger partial charge in [-0.05, 0) is 68.5 Å². The number of unbranched alkanes of at least 4 members (excludes halogenated alkanes) is 2. The number of benzene rings is 2. The van der Waals surface area contributed by atoms with Crippen LogP contribution in [0.25, 0.3) is 0 Å². The number of nitrogens with zero attached hydrogens (tertiary/aromatic N) is 2. The summed E-state index contributed by atoms with van der Waals surface area (Å²) in [6.45, 7) is 4.03. The van der Waals surface area contributed by atoms with Gasteiger partial charge in [-0.25, -0.2) is 4.79 Å². The Morgan fingerprint density at radius 2 is 1.71 bits per heavy atom. The number of carbonyl (C=O) groups excluding carboxylic acids is 1. The van der Waals surface area contributed by atoms with Crippen molar-refractivity contribution in [3.8, 4) is 17.6 Å². The van der Waals surface area contributed by atoms with E-state index in [1.54, 1.807) is 31.3 Å². The van der Waals surface area contributed by atoms with Crippen LogP contribution in [0.3, 0.4) is 0 Å². The molecule has 5 heteroatoms. The lowest BCUT2D eigenvalue weighted by Gasteiger charge is -2.17. The molecule has 0 heterocycles. The predicted octanol–water partition coefficient (Wildman–Crippen LogP) is 5.45. The SMILES string of the molecule is CCCCCN(C)CC#Cc1ccc(N(C)C(=O)Oc2ccc(Cl)cc2)cc1. The van der Waals surface area contributed by atoms with Crippen LogP contribution in [-0.2, 0) is 0 Å². The van der Waals surface area contributed by atoms with Crippen molar-refractivity contribution in [2.75, 3.05) is 32.1 Å². The average molecular weight is 399 g/mol. The van der Waals surface area contributed by atoms with Crippen molar-refractivity contribution in [2.24, 2.45) is 0 Å². The maximum atomic E-state index is 12.3. The summed E-state index contributed by atoms with van der Waals surface area (Å²) < 4.78 is 5.34. The molecule has 0 saturated heterocycles. The summed E-state index contributed by atoms with van der Waals surface area (Å²) >= 11 is 5.84. The molecule has 0 bridgehead atoms. The lowest BCUT2D eigenvalue weighted by molar-refractivity contribution is 0.209. The Morgan fingerprint density at radius 3 is 2.36 bits per heavy atom. The van der Waals surface area contributed by atoms with E-state index in [0.717, 1.165) is 24.3 Å². The Hall–Kier alpha value is -2.48. The van der Waals surface area contributed by atoms with E-state index in [1.807, 2.05) is 24.3 Å². The second-order valence-electron chi connectivity index (χ2n) is 6.67. The van der Waals surface area contributed by atoms with Crippen LogP contribution in [0.2, 0.25) is 5.02 Å². The minimum Gasteiger partial charge on any atom is -0.410 e. The summed E-state index contributed by atoms with van der Waals surface area (Å²) in [5, 5.41) is 0.594. The fourth-order valence-corrected chi connectivity index (χ4v) is 2.66. The zero-order chi connectivity index (χ0) is 20.4. The zero-order valence-corrected chi connectivity index (χ0v) is 17.5. The first-order valence-corrected chi connectivity index (χ1v) is 9.86. The first-order chi connectivity index (χ1) is 13.5. The van der Waals surface area contributed by atoms with E-state index in [9.17, 15) is 4.79 Å². The van der Waals surface area contributed by atoms with Gasteiger partial charge in [0.1, 0.15) is 5.75 Å². The van der Waals surface area contributed by atoms with Crippen LogP contribution in [0.5, 0.6) is 5.75 Å². The summed E-state index contributed by atoms with van der Waals surface area (Å²) in [7, 11) is 3.76. The predicted molar refractivity (Wildman–Crippen MR) is 116 cm³/mol. The molecule has 0 aliphatic heterocycles. The van der Waals surface area contributed by atoms with Gasteiger partial charge in [-0.2, -0.15) is 0 Å². The van der Waals surface area contributed by atoms with E-state index in [4.69, 9.17) is 16.3 Å². The normalized spacial score (nSPS) is 10.3. The van der Waals surface area contributed by atoms with Crippen LogP contribution < -0.4 is 9.64 Å². The molecule has 2 rings (SSSR count). The molecule has 148 valence electrons. The average Bonchev–Trinajstić information content (AvgIpc) is 2.70. The van der Waals surface area contributed by atoms with E-state index in [0.29, 0.717) is 10.8 Å². The van der Waals surface area contributed by atoms with E-state index in [2.05, 4.69) is 30.7 Å². The third-order valence-electron chi connectivity index (χ3n) is 4.27. The van der Waals surface area contributed by atoms with Gasteiger partial charge in [0.05, 0.1) is 6.54 Å². The number of carbonyl (C=O) groups is 1. The molecule has 4 nitrogen and oxygen atoms in total. The summed E-state index contributed by atoms with van der Waals surface area (Å²) in [6, 6.07) is 14.2. The maximum Gasteiger partial charge on any atom is 0.419 e. The van der Waals surface area contributed by atoms with Crippen LogP contribution in [-0.4, -0.2) is 38.2 Å². The number of anilines is 1. The number of rotatable bonds is 7. The number of hydrogen-bond donors (Lipinski definition) is 0. The fraction of sp³-hybridized carbons (Fsp3) is 0.348. The highest BCUT2D eigenvalue weighted by Gasteiger charge is 2.13. The second kappa shape index (κ2) is 11.4. The number of hydrogen-bond acceptors (Lipinski definition) is 3. The summed E-state index contributed by atoms with van der Waals surface area (Å²) in [5.41, 5.74) is 1.66. The van der Waals surface area contributed by atoms with Crippen molar-refractivity contribution < 1.29 is 9.53 Å². The van der Waals surface area contributed by atoms with Crippen molar-refractivity contribution in [3.05, 3.63) is 59.1 Å². The summed E-state index contributed by atoms with van der Waals surface area (Å²) in [4.78, 5) is 16.0. The Balaban J connectivity index is 1.88. The monoisotopic (exact) mass is 398 g/mol. The molecule has 28 heavy (non-hydrogen) atoms. The molecule has 0 aliphatic rings. The lowest BCUT2D eigenvalue weighted by atomic mass is 10.2. The quantitative estimate of drug-likeness (QED) is 0.459. The van der Waals surface area contributed by atoms with Crippen molar-refractivity contribution in [1.82, 2.24) is 4.90 Å². The molecule has 0 unspecified atom stereocenters. The highest BCUT2D eigenvalue weighted by molar-refractivity contribution is 6.30. The van der Waals surface area contributed by atoms with E-state index in [-0.39, 0.29) is 0 Å². The molecular formula is C23H27ClN2O2. The highest BCUT2D eigenvalue weighted by Crippen LogP contribution is 2.19. The van der Waals surface area contributed by atoms with Crippen LogP contribution in [0, 0.1) is 11.8 Å². The van der Waals surface area contributed by atoms with Crippen LogP contribution in [0.1, 0.15) is 31.7 Å². The van der Waals surface area contributed by atoms with Gasteiger partial charge >= 0.3 is 6.09 Å². The number of amides is 1. The standard InChI is InChI=1S/C23H27ClN2O2/c1-4-5-6-17-25(2)18-7-8-19-9-13-21(14-10-19)26(3)23(27)28-22-15-11-20(24)12-16-22/h9-16H,4-6,17-18H2,1-3H3. The molecule has 0 aliphatic carbocycles. The third kappa shape index (κ3) is 7.26. The van der Waals surface area contributed by atoms with Gasteiger partial charge in [-0.1, -0.05) is 43.2 Å². The van der Waals surface area contributed by atoms with Gasteiger partial charge in [0, 0.05) is 23.3 Å². The van der Waals surface area contributed by atoms with E-state index >= 15 is 0 Å². The molecule has 0 radical (unpaired) electrons. The molecule has 0 aromatic heterocycles. The third-order valence-corrected chi connectivity index (χ3v) is 4.52. The Labute approximate surface area is 173 Å². The molecular weight excluding hydrogens is 372 g/mol. The first kappa shape index (κ1) is 21.8. The zero-order valence-electron chi connectivity index (χ0n) is 16.7. The van der Waals surface area contributed by atoms with Gasteiger partial charge < -0.3 is 4.74 Å². The Bertz CT molecular complexity index is 807. The fourth-order valence-electron chi connectivity index (χ4n) is 2.53. The highest BCUT2D eigenvalue weighted by atomic mass is 35.5. The second-order valence-corrected chi connectivity index (χ2v) is 7.11. The lowest BCUT2D eigenvalue weighted by Crippen LogP contribution is -2.29. The molecule has 2 aromatic carbocycles. The minimum atomic E-state index is -0.463. The van der Waals surface area contributed by atoms with Crippen molar-refractivity contribution in [1.29, 1.82) is 0 Å². The molecule has 0 fully saturated rings. The van der Waals surface area contributed by atoms with Gasteiger partial charge in [-0.3, -0.25) is 9.80 Å². The van der Waals surface area contributed by atoms with Crippen LogP contribution >= 0.6 is 11.6 Å². The van der Waals surface area contributed by atoms with Crippen molar-refractivity contribution in [3.63, 3.8) is 0 Å². The summed E-state index contributed by atoms with van der Waals surface area (Å²) in [6.07, 6.45) is 3.23. The summed E-state index contributed by atoms with van der Waals surface area (Å²) in [5.74, 6) is 6.82. The van der Waals surface area contributed by atoms with Crippen molar-refractivity contribution >= 4 is 23.4 Å². The molecule has 0 saturated carbocycles. The van der Waals surface area contributed by atoms with Crippen LogP contribution in [0.15, 0.2) is 48.5 Å². The van der Waals surface area contributed by atoms with E-state index < -0.39 is 6.09 Å². The first-order valence-electron chi connectivity index (χ1n) is 9.48. The molecule has 0 atom stereocenters. The minimum absolute atomic E-state index is 0.451.